The number of rotatable bonds is 4. The molecule has 0 unspecified atom stereocenters. The van der Waals surface area contributed by atoms with Crippen molar-refractivity contribution < 1.29 is 9.90 Å². The molecule has 1 fully saturated rings. The fraction of sp³-hybridized carbons (Fsp3) is 0.316. The Labute approximate surface area is 152 Å². The van der Waals surface area contributed by atoms with E-state index in [1.165, 1.54) is 0 Å². The van der Waals surface area contributed by atoms with Crippen molar-refractivity contribution >= 4 is 28.9 Å². The number of para-hydroxylation sites is 2. The second-order valence-corrected chi connectivity index (χ2v) is 6.62. The number of nitrogens with one attached hydrogen (secondary N) is 1. The molecule has 0 radical (unpaired) electrons. The molecule has 2 aromatic carbocycles. The molecule has 5 nitrogen and oxygen atoms in total. The zero-order chi connectivity index (χ0) is 17.8. The van der Waals surface area contributed by atoms with E-state index < -0.39 is 0 Å². The van der Waals surface area contributed by atoms with Gasteiger partial charge in [0.15, 0.2) is 0 Å². The van der Waals surface area contributed by atoms with Crippen molar-refractivity contribution in [2.75, 3.05) is 42.9 Å². The van der Waals surface area contributed by atoms with Crippen LogP contribution in [0.1, 0.15) is 5.56 Å². The number of carbonyl (C=O) groups excluding carboxylic acids is 1. The van der Waals surface area contributed by atoms with E-state index in [9.17, 15) is 9.90 Å². The summed E-state index contributed by atoms with van der Waals surface area (Å²) < 4.78 is 0. The summed E-state index contributed by atoms with van der Waals surface area (Å²) in [6.07, 6.45) is 0. The second-order valence-electron chi connectivity index (χ2n) is 6.21. The topological polar surface area (TPSA) is 55.8 Å². The highest BCUT2D eigenvalue weighted by atomic mass is 35.5. The predicted octanol–water partition coefficient (Wildman–Crippen LogP) is 3.11. The molecule has 0 aromatic heterocycles. The summed E-state index contributed by atoms with van der Waals surface area (Å²) in [4.78, 5) is 16.6. The molecule has 0 bridgehead atoms. The van der Waals surface area contributed by atoms with Gasteiger partial charge in [-0.25, -0.2) is 0 Å². The summed E-state index contributed by atoms with van der Waals surface area (Å²) in [6.45, 7) is 5.35. The van der Waals surface area contributed by atoms with E-state index in [0.29, 0.717) is 17.3 Å². The predicted molar refractivity (Wildman–Crippen MR) is 102 cm³/mol. The number of nitrogens with zero attached hydrogens (tertiary/aromatic N) is 2. The highest BCUT2D eigenvalue weighted by Crippen LogP contribution is 2.27. The maximum Gasteiger partial charge on any atom is 0.238 e. The van der Waals surface area contributed by atoms with E-state index in [1.807, 2.05) is 43.3 Å². The Hall–Kier alpha value is -2.24. The number of piperazine rings is 1. The Morgan fingerprint density at radius 1 is 1.12 bits per heavy atom. The van der Waals surface area contributed by atoms with Gasteiger partial charge in [0.1, 0.15) is 5.75 Å². The van der Waals surface area contributed by atoms with Crippen LogP contribution in [0, 0.1) is 6.92 Å². The summed E-state index contributed by atoms with van der Waals surface area (Å²) in [7, 11) is 0. The third-order valence-corrected chi connectivity index (χ3v) is 4.91. The van der Waals surface area contributed by atoms with Gasteiger partial charge in [0, 0.05) is 36.9 Å². The highest BCUT2D eigenvalue weighted by molar-refractivity contribution is 6.31. The molecule has 2 aromatic rings. The van der Waals surface area contributed by atoms with Crippen LogP contribution >= 0.6 is 11.6 Å². The molecule has 0 spiro atoms. The van der Waals surface area contributed by atoms with Crippen LogP contribution in [-0.4, -0.2) is 48.6 Å². The molecule has 0 aliphatic carbocycles. The molecule has 0 saturated carbocycles. The maximum atomic E-state index is 12.3. The van der Waals surface area contributed by atoms with Gasteiger partial charge in [-0.3, -0.25) is 9.69 Å². The summed E-state index contributed by atoms with van der Waals surface area (Å²) in [5.41, 5.74) is 2.48. The van der Waals surface area contributed by atoms with Gasteiger partial charge in [0.25, 0.3) is 0 Å². The van der Waals surface area contributed by atoms with Crippen LogP contribution in [0.3, 0.4) is 0 Å². The number of phenols is 1. The van der Waals surface area contributed by atoms with Gasteiger partial charge >= 0.3 is 0 Å². The lowest BCUT2D eigenvalue weighted by Crippen LogP contribution is -2.48. The Balaban J connectivity index is 1.53. The van der Waals surface area contributed by atoms with Crippen LogP contribution in [0.15, 0.2) is 42.5 Å². The summed E-state index contributed by atoms with van der Waals surface area (Å²) in [5, 5.41) is 13.5. The molecule has 1 amide bonds. The Bertz CT molecular complexity index is 758. The highest BCUT2D eigenvalue weighted by Gasteiger charge is 2.21. The number of phenolic OH excluding ortho intramolecular Hbond substituents is 1. The second kappa shape index (κ2) is 7.76. The van der Waals surface area contributed by atoms with Crippen molar-refractivity contribution in [2.45, 2.75) is 6.92 Å². The molecule has 3 rings (SSSR count). The smallest absolute Gasteiger partial charge is 0.238 e. The molecule has 132 valence electrons. The fourth-order valence-corrected chi connectivity index (χ4v) is 3.19. The van der Waals surface area contributed by atoms with E-state index in [1.54, 1.807) is 6.07 Å². The molecule has 1 aliphatic rings. The first kappa shape index (κ1) is 17.6. The molecule has 6 heteroatoms. The van der Waals surface area contributed by atoms with Gasteiger partial charge in [0.05, 0.1) is 12.2 Å². The zero-order valence-electron chi connectivity index (χ0n) is 14.2. The Kier molecular flexibility index (Phi) is 5.46. The van der Waals surface area contributed by atoms with Crippen molar-refractivity contribution in [1.82, 2.24) is 4.90 Å². The van der Waals surface area contributed by atoms with Crippen molar-refractivity contribution in [3.63, 3.8) is 0 Å². The quantitative estimate of drug-likeness (QED) is 0.880. The number of amides is 1. The summed E-state index contributed by atoms with van der Waals surface area (Å²) in [5.74, 6) is 0.256. The van der Waals surface area contributed by atoms with Crippen molar-refractivity contribution in [2.24, 2.45) is 0 Å². The van der Waals surface area contributed by atoms with Crippen LogP contribution in [0.25, 0.3) is 0 Å². The van der Waals surface area contributed by atoms with Crippen LogP contribution in [0.5, 0.6) is 5.75 Å². The molecular formula is C19H22ClN3O2. The number of anilines is 2. The molecule has 1 aliphatic heterocycles. The lowest BCUT2D eigenvalue weighted by Gasteiger charge is -2.35. The van der Waals surface area contributed by atoms with Crippen molar-refractivity contribution in [3.8, 4) is 5.75 Å². The number of hydrogen-bond donors (Lipinski definition) is 2. The van der Waals surface area contributed by atoms with E-state index >= 15 is 0 Å². The fourth-order valence-electron chi connectivity index (χ4n) is 3.01. The normalized spacial score (nSPS) is 15.2. The first-order valence-electron chi connectivity index (χ1n) is 8.35. The van der Waals surface area contributed by atoms with Gasteiger partial charge in [-0.05, 0) is 36.8 Å². The Morgan fingerprint density at radius 2 is 1.84 bits per heavy atom. The number of benzene rings is 2. The summed E-state index contributed by atoms with van der Waals surface area (Å²) >= 11 is 6.09. The van der Waals surface area contributed by atoms with Crippen LogP contribution < -0.4 is 10.2 Å². The zero-order valence-corrected chi connectivity index (χ0v) is 15.0. The van der Waals surface area contributed by atoms with Crippen LogP contribution in [0.2, 0.25) is 5.02 Å². The maximum absolute atomic E-state index is 12.3. The minimum atomic E-state index is -0.0404. The molecular weight excluding hydrogens is 338 g/mol. The molecule has 0 atom stereocenters. The first-order chi connectivity index (χ1) is 12.0. The number of hydrogen-bond acceptors (Lipinski definition) is 4. The molecule has 1 heterocycles. The van der Waals surface area contributed by atoms with E-state index in [2.05, 4.69) is 15.1 Å². The lowest BCUT2D eigenvalue weighted by atomic mass is 10.2. The van der Waals surface area contributed by atoms with E-state index in [0.717, 1.165) is 43.1 Å². The average Bonchev–Trinajstić information content (AvgIpc) is 2.60. The van der Waals surface area contributed by atoms with Gasteiger partial charge in [-0.1, -0.05) is 29.8 Å². The minimum absolute atomic E-state index is 0.0404. The van der Waals surface area contributed by atoms with E-state index in [-0.39, 0.29) is 5.91 Å². The van der Waals surface area contributed by atoms with E-state index in [4.69, 9.17) is 11.6 Å². The molecule has 1 saturated heterocycles. The van der Waals surface area contributed by atoms with Gasteiger partial charge < -0.3 is 15.3 Å². The van der Waals surface area contributed by atoms with Gasteiger partial charge in [-0.15, -0.1) is 0 Å². The number of aromatic hydroxyl groups is 1. The molecule has 25 heavy (non-hydrogen) atoms. The SMILES string of the molecule is Cc1c(Cl)cccc1NC(=O)CN1CCN(c2ccccc2O)CC1. The lowest BCUT2D eigenvalue weighted by molar-refractivity contribution is -0.117. The minimum Gasteiger partial charge on any atom is -0.506 e. The van der Waals surface area contributed by atoms with Gasteiger partial charge in [-0.2, -0.15) is 0 Å². The third-order valence-electron chi connectivity index (χ3n) is 4.50. The standard InChI is InChI=1S/C19H22ClN3O2/c1-14-15(20)5-4-6-16(14)21-19(25)13-22-9-11-23(12-10-22)17-7-2-3-8-18(17)24/h2-8,24H,9-13H2,1H3,(H,21,25). The van der Waals surface area contributed by atoms with Crippen molar-refractivity contribution in [1.29, 1.82) is 0 Å². The third kappa shape index (κ3) is 4.24. The number of halogens is 1. The largest absolute Gasteiger partial charge is 0.506 e. The average molecular weight is 360 g/mol. The monoisotopic (exact) mass is 359 g/mol. The van der Waals surface area contributed by atoms with Crippen LogP contribution in [-0.2, 0) is 4.79 Å². The Morgan fingerprint density at radius 3 is 2.56 bits per heavy atom. The summed E-state index contributed by atoms with van der Waals surface area (Å²) in [6, 6.07) is 12.8. The first-order valence-corrected chi connectivity index (χ1v) is 8.72. The van der Waals surface area contributed by atoms with Crippen molar-refractivity contribution in [3.05, 3.63) is 53.1 Å². The number of carbonyl (C=O) groups is 1. The van der Waals surface area contributed by atoms with Gasteiger partial charge in [0.2, 0.25) is 5.91 Å². The van der Waals surface area contributed by atoms with Crippen LogP contribution in [0.4, 0.5) is 11.4 Å². The molecule has 2 N–H and O–H groups in total.